The van der Waals surface area contributed by atoms with Crippen LogP contribution in [0.3, 0.4) is 0 Å². The highest BCUT2D eigenvalue weighted by Gasteiger charge is 2.06. The molecule has 0 aromatic rings. The molecule has 0 aromatic carbocycles. The summed E-state index contributed by atoms with van der Waals surface area (Å²) in [5, 5.41) is -0.295. The molecule has 0 aromatic heterocycles. The van der Waals surface area contributed by atoms with Gasteiger partial charge >= 0.3 is 0 Å². The molecule has 0 atom stereocenters. The third kappa shape index (κ3) is 5.02. The van der Waals surface area contributed by atoms with Crippen LogP contribution in [0, 0.1) is 0 Å². The van der Waals surface area contributed by atoms with Gasteiger partial charge in [0.25, 0.3) is 0 Å². The molecule has 0 unspecified atom stereocenters. The van der Waals surface area contributed by atoms with Crippen LogP contribution in [0.4, 0.5) is 0 Å². The van der Waals surface area contributed by atoms with Crippen LogP contribution in [-0.2, 0) is 14.6 Å². The minimum Gasteiger partial charge on any atom is -0.385 e. The van der Waals surface area contributed by atoms with Gasteiger partial charge < -0.3 is 4.74 Å². The van der Waals surface area contributed by atoms with Gasteiger partial charge in [-0.05, 0) is 6.42 Å². The van der Waals surface area contributed by atoms with E-state index in [1.54, 1.807) is 0 Å². The second-order valence-corrected chi connectivity index (χ2v) is 4.67. The molecule has 0 N–H and O–H groups in total. The van der Waals surface area contributed by atoms with Crippen molar-refractivity contribution in [1.82, 2.24) is 0 Å². The van der Waals surface area contributed by atoms with Gasteiger partial charge in [-0.1, -0.05) is 0 Å². The second kappa shape index (κ2) is 4.93. The number of hydrogen-bond donors (Lipinski definition) is 0. The minimum atomic E-state index is -3.01. The van der Waals surface area contributed by atoms with Crippen molar-refractivity contribution in [2.24, 2.45) is 0 Å². The Kier molecular flexibility index (Phi) is 5.03. The fourth-order valence-electron chi connectivity index (χ4n) is 0.478. The smallest absolute Gasteiger partial charge is 0.164 e. The van der Waals surface area contributed by atoms with Crippen LogP contribution in [0.15, 0.2) is 0 Å². The quantitative estimate of drug-likeness (QED) is 0.468. The molecule has 62 valence electrons. The van der Waals surface area contributed by atoms with Crippen molar-refractivity contribution in [3.8, 4) is 0 Å². The van der Waals surface area contributed by atoms with E-state index in [9.17, 15) is 8.42 Å². The molecule has 3 nitrogen and oxygen atoms in total. The van der Waals surface area contributed by atoms with E-state index in [0.29, 0.717) is 13.0 Å². The molecule has 0 saturated heterocycles. The minimum absolute atomic E-state index is 0.115. The van der Waals surface area contributed by atoms with Crippen LogP contribution in [0.5, 0.6) is 0 Å². The van der Waals surface area contributed by atoms with Gasteiger partial charge in [0.05, 0.1) is 5.75 Å². The zero-order valence-corrected chi connectivity index (χ0v) is 7.41. The van der Waals surface area contributed by atoms with E-state index in [4.69, 9.17) is 11.6 Å². The van der Waals surface area contributed by atoms with E-state index < -0.39 is 9.84 Å². The number of hydrogen-bond acceptors (Lipinski definition) is 3. The van der Waals surface area contributed by atoms with Gasteiger partial charge in [0.15, 0.2) is 9.84 Å². The van der Waals surface area contributed by atoms with Gasteiger partial charge in [-0.15, -0.1) is 11.6 Å². The zero-order chi connectivity index (χ0) is 8.04. The van der Waals surface area contributed by atoms with Crippen LogP contribution in [-0.4, -0.2) is 33.1 Å². The van der Waals surface area contributed by atoms with Gasteiger partial charge in [-0.25, -0.2) is 8.42 Å². The molecule has 5 heteroatoms. The predicted molar refractivity (Wildman–Crippen MR) is 41.0 cm³/mol. The highest BCUT2D eigenvalue weighted by Crippen LogP contribution is 1.96. The first-order chi connectivity index (χ1) is 4.62. The van der Waals surface area contributed by atoms with Gasteiger partial charge in [0.2, 0.25) is 0 Å². The Bertz CT molecular complexity index is 164. The topological polar surface area (TPSA) is 43.4 Å². The molecule has 0 aliphatic rings. The van der Waals surface area contributed by atoms with Crippen LogP contribution in [0.2, 0.25) is 0 Å². The summed E-state index contributed by atoms with van der Waals surface area (Å²) in [6, 6.07) is 0. The van der Waals surface area contributed by atoms with Crippen molar-refractivity contribution < 1.29 is 13.2 Å². The first kappa shape index (κ1) is 10.2. The van der Waals surface area contributed by atoms with Crippen LogP contribution >= 0.6 is 11.6 Å². The van der Waals surface area contributed by atoms with Crippen molar-refractivity contribution in [3.63, 3.8) is 0 Å². The predicted octanol–water partition coefficient (Wildman–Crippen LogP) is 0.634. The van der Waals surface area contributed by atoms with E-state index in [1.807, 2.05) is 0 Å². The van der Waals surface area contributed by atoms with Crippen LogP contribution in [0.25, 0.3) is 0 Å². The van der Waals surface area contributed by atoms with E-state index in [0.717, 1.165) is 0 Å². The number of halogens is 1. The Morgan fingerprint density at radius 2 is 2.10 bits per heavy atom. The standard InChI is InChI=1S/C5H11ClO3S/c1-9-3-2-4-10(7,8)5-6/h2-5H2,1H3. The summed E-state index contributed by atoms with van der Waals surface area (Å²) in [5.41, 5.74) is 0. The van der Waals surface area contributed by atoms with Crippen molar-refractivity contribution >= 4 is 21.4 Å². The van der Waals surface area contributed by atoms with E-state index >= 15 is 0 Å². The number of rotatable bonds is 5. The number of ether oxygens (including phenoxy) is 1. The maximum Gasteiger partial charge on any atom is 0.164 e. The third-order valence-electron chi connectivity index (χ3n) is 0.970. The number of alkyl halides is 1. The van der Waals surface area contributed by atoms with Crippen molar-refractivity contribution in [1.29, 1.82) is 0 Å². The van der Waals surface area contributed by atoms with Gasteiger partial charge in [0, 0.05) is 13.7 Å². The van der Waals surface area contributed by atoms with Gasteiger partial charge in [-0.2, -0.15) is 0 Å². The second-order valence-electron chi connectivity index (χ2n) is 1.90. The Balaban J connectivity index is 3.49. The number of methoxy groups -OCH3 is 1. The van der Waals surface area contributed by atoms with E-state index in [-0.39, 0.29) is 11.0 Å². The first-order valence-corrected chi connectivity index (χ1v) is 5.23. The molecule has 0 spiro atoms. The normalized spacial score (nSPS) is 11.8. The summed E-state index contributed by atoms with van der Waals surface area (Å²) in [7, 11) is -1.47. The number of sulfone groups is 1. The molecule has 0 amide bonds. The molecule has 0 fully saturated rings. The summed E-state index contributed by atoms with van der Waals surface area (Å²) in [6.45, 7) is 0.468. The van der Waals surface area contributed by atoms with E-state index in [1.165, 1.54) is 7.11 Å². The Hall–Kier alpha value is 0.200. The largest absolute Gasteiger partial charge is 0.385 e. The Morgan fingerprint density at radius 3 is 2.50 bits per heavy atom. The average Bonchev–Trinajstić information content (AvgIpc) is 1.89. The summed E-state index contributed by atoms with van der Waals surface area (Å²) in [6.07, 6.45) is 0.519. The Morgan fingerprint density at radius 1 is 1.50 bits per heavy atom. The van der Waals surface area contributed by atoms with Gasteiger partial charge in [0.1, 0.15) is 5.21 Å². The monoisotopic (exact) mass is 186 g/mol. The molecule has 0 aliphatic carbocycles. The highest BCUT2D eigenvalue weighted by atomic mass is 35.5. The lowest BCUT2D eigenvalue weighted by Gasteiger charge is -1.97. The molecular weight excluding hydrogens is 176 g/mol. The lowest BCUT2D eigenvalue weighted by atomic mass is 10.5. The summed E-state index contributed by atoms with van der Waals surface area (Å²) in [5.74, 6) is 0.115. The fraction of sp³-hybridized carbons (Fsp3) is 1.00. The molecule has 0 saturated carbocycles. The summed E-state index contributed by atoms with van der Waals surface area (Å²) >= 11 is 5.14. The Labute approximate surface area is 66.2 Å². The lowest BCUT2D eigenvalue weighted by molar-refractivity contribution is 0.199. The third-order valence-corrected chi connectivity index (χ3v) is 3.21. The maximum absolute atomic E-state index is 10.7. The van der Waals surface area contributed by atoms with Gasteiger partial charge in [-0.3, -0.25) is 0 Å². The SMILES string of the molecule is COCCCS(=O)(=O)CCl. The summed E-state index contributed by atoms with van der Waals surface area (Å²) in [4.78, 5) is 0. The summed E-state index contributed by atoms with van der Waals surface area (Å²) < 4.78 is 26.0. The van der Waals surface area contributed by atoms with Crippen LogP contribution < -0.4 is 0 Å². The van der Waals surface area contributed by atoms with E-state index in [2.05, 4.69) is 4.74 Å². The van der Waals surface area contributed by atoms with Crippen molar-refractivity contribution in [2.45, 2.75) is 6.42 Å². The molecule has 0 radical (unpaired) electrons. The molecule has 0 heterocycles. The highest BCUT2D eigenvalue weighted by molar-refractivity contribution is 7.92. The molecule has 0 bridgehead atoms. The zero-order valence-electron chi connectivity index (χ0n) is 5.84. The molecule has 0 rings (SSSR count). The molecule has 10 heavy (non-hydrogen) atoms. The molecular formula is C5H11ClO3S. The maximum atomic E-state index is 10.7. The lowest BCUT2D eigenvalue weighted by Crippen LogP contribution is -2.08. The molecule has 0 aliphatic heterocycles. The van der Waals surface area contributed by atoms with Crippen molar-refractivity contribution in [3.05, 3.63) is 0 Å². The first-order valence-electron chi connectivity index (χ1n) is 2.87. The fourth-order valence-corrected chi connectivity index (χ4v) is 1.47. The van der Waals surface area contributed by atoms with Crippen molar-refractivity contribution in [2.75, 3.05) is 24.7 Å². The average molecular weight is 187 g/mol. The van der Waals surface area contributed by atoms with Crippen LogP contribution in [0.1, 0.15) is 6.42 Å².